The summed E-state index contributed by atoms with van der Waals surface area (Å²) in [5.74, 6) is -0.0198. The fourth-order valence-corrected chi connectivity index (χ4v) is 2.50. The van der Waals surface area contributed by atoms with Crippen LogP contribution >= 0.6 is 35.0 Å². The number of thioether (sulfide) groups is 1. The quantitative estimate of drug-likeness (QED) is 0.840. The van der Waals surface area contributed by atoms with E-state index < -0.39 is 0 Å². The third-order valence-electron chi connectivity index (χ3n) is 2.37. The Hall–Kier alpha value is -1.43. The van der Waals surface area contributed by atoms with Crippen LogP contribution in [0.2, 0.25) is 10.0 Å². The Kier molecular flexibility index (Phi) is 5.11. The van der Waals surface area contributed by atoms with Crippen molar-refractivity contribution in [1.29, 1.82) is 0 Å². The van der Waals surface area contributed by atoms with Gasteiger partial charge in [0.25, 0.3) is 0 Å². The number of halogens is 2. The molecule has 0 atom stereocenters. The lowest BCUT2D eigenvalue weighted by atomic mass is 10.3. The molecular formula is C13H11Cl2N3OS. The Labute approximate surface area is 130 Å². The van der Waals surface area contributed by atoms with Crippen LogP contribution in [0.25, 0.3) is 0 Å². The highest BCUT2D eigenvalue weighted by Crippen LogP contribution is 2.30. The molecule has 2 aromatic rings. The van der Waals surface area contributed by atoms with Crippen molar-refractivity contribution in [2.75, 3.05) is 16.8 Å². The van der Waals surface area contributed by atoms with Gasteiger partial charge >= 0.3 is 0 Å². The summed E-state index contributed by atoms with van der Waals surface area (Å²) in [5.41, 5.74) is 6.78. The number of nitrogens with zero attached hydrogens (tertiary/aromatic N) is 1. The van der Waals surface area contributed by atoms with Crippen molar-refractivity contribution in [3.63, 3.8) is 0 Å². The van der Waals surface area contributed by atoms with E-state index in [1.807, 2.05) is 0 Å². The Morgan fingerprint density at radius 2 is 2.10 bits per heavy atom. The molecule has 0 saturated heterocycles. The molecule has 0 aliphatic carbocycles. The summed E-state index contributed by atoms with van der Waals surface area (Å²) >= 11 is 13.1. The Balaban J connectivity index is 1.96. The van der Waals surface area contributed by atoms with E-state index in [9.17, 15) is 4.79 Å². The van der Waals surface area contributed by atoms with E-state index in [1.54, 1.807) is 36.5 Å². The molecule has 0 bridgehead atoms. The third kappa shape index (κ3) is 3.79. The number of amides is 1. The highest BCUT2D eigenvalue weighted by Gasteiger charge is 2.10. The maximum atomic E-state index is 11.9. The van der Waals surface area contributed by atoms with Crippen molar-refractivity contribution >= 4 is 52.2 Å². The molecule has 104 valence electrons. The largest absolute Gasteiger partial charge is 0.397 e. The number of rotatable bonds is 4. The van der Waals surface area contributed by atoms with E-state index in [4.69, 9.17) is 28.9 Å². The minimum Gasteiger partial charge on any atom is -0.397 e. The predicted molar refractivity (Wildman–Crippen MR) is 84.5 cm³/mol. The maximum absolute atomic E-state index is 11.9. The Morgan fingerprint density at radius 1 is 1.30 bits per heavy atom. The molecule has 0 unspecified atom stereocenters. The monoisotopic (exact) mass is 327 g/mol. The van der Waals surface area contributed by atoms with Crippen LogP contribution in [-0.4, -0.2) is 16.6 Å². The van der Waals surface area contributed by atoms with Crippen molar-refractivity contribution in [3.05, 3.63) is 46.6 Å². The summed E-state index contributed by atoms with van der Waals surface area (Å²) in [4.78, 5) is 16.0. The molecule has 1 aromatic heterocycles. The summed E-state index contributed by atoms with van der Waals surface area (Å²) in [6.07, 6.45) is 1.63. The number of nitrogens with two attached hydrogens (primary N) is 1. The number of hydrogen-bond donors (Lipinski definition) is 2. The van der Waals surface area contributed by atoms with Crippen LogP contribution in [0.4, 0.5) is 11.4 Å². The van der Waals surface area contributed by atoms with Crippen LogP contribution in [0.15, 0.2) is 41.6 Å². The van der Waals surface area contributed by atoms with Crippen molar-refractivity contribution in [1.82, 2.24) is 4.98 Å². The molecule has 0 radical (unpaired) electrons. The fourth-order valence-electron chi connectivity index (χ4n) is 1.44. The normalized spacial score (nSPS) is 10.3. The molecule has 7 heteroatoms. The van der Waals surface area contributed by atoms with E-state index in [2.05, 4.69) is 10.3 Å². The van der Waals surface area contributed by atoms with E-state index in [1.165, 1.54) is 11.8 Å². The summed E-state index contributed by atoms with van der Waals surface area (Å²) in [6.45, 7) is 0. The van der Waals surface area contributed by atoms with Gasteiger partial charge in [-0.3, -0.25) is 4.79 Å². The smallest absolute Gasteiger partial charge is 0.234 e. The predicted octanol–water partition coefficient (Wildman–Crippen LogP) is 3.70. The second-order valence-corrected chi connectivity index (χ2v) is 5.59. The summed E-state index contributed by atoms with van der Waals surface area (Å²) in [5, 5.41) is 4.04. The van der Waals surface area contributed by atoms with Crippen LogP contribution < -0.4 is 11.1 Å². The van der Waals surface area contributed by atoms with Crippen molar-refractivity contribution in [3.8, 4) is 0 Å². The van der Waals surface area contributed by atoms with Crippen LogP contribution in [0.5, 0.6) is 0 Å². The number of hydrogen-bond acceptors (Lipinski definition) is 4. The molecule has 4 nitrogen and oxygen atoms in total. The first-order valence-corrected chi connectivity index (χ1v) is 7.39. The van der Waals surface area contributed by atoms with Crippen LogP contribution in [0, 0.1) is 0 Å². The molecule has 3 N–H and O–H groups in total. The molecule has 0 spiro atoms. The SMILES string of the molecule is Nc1cccnc1SCC(=O)Nc1cccc(Cl)c1Cl. The van der Waals surface area contributed by atoms with Gasteiger partial charge in [-0.1, -0.05) is 41.0 Å². The molecule has 1 amide bonds. The molecule has 20 heavy (non-hydrogen) atoms. The van der Waals surface area contributed by atoms with Crippen LogP contribution in [0.3, 0.4) is 0 Å². The van der Waals surface area contributed by atoms with Crippen molar-refractivity contribution in [2.45, 2.75) is 5.03 Å². The third-order valence-corrected chi connectivity index (χ3v) is 4.21. The minimum atomic E-state index is -0.204. The maximum Gasteiger partial charge on any atom is 0.234 e. The molecule has 0 aliphatic heterocycles. The first-order valence-electron chi connectivity index (χ1n) is 5.65. The zero-order chi connectivity index (χ0) is 14.5. The number of nitrogen functional groups attached to an aromatic ring is 1. The minimum absolute atomic E-state index is 0.185. The average molecular weight is 328 g/mol. The first kappa shape index (κ1) is 15.0. The molecular weight excluding hydrogens is 317 g/mol. The lowest BCUT2D eigenvalue weighted by molar-refractivity contribution is -0.113. The van der Waals surface area contributed by atoms with Gasteiger partial charge in [0.15, 0.2) is 0 Å². The van der Waals surface area contributed by atoms with E-state index in [-0.39, 0.29) is 11.7 Å². The number of carbonyl (C=O) groups is 1. The summed E-state index contributed by atoms with van der Waals surface area (Å²) in [7, 11) is 0. The van der Waals surface area contributed by atoms with Gasteiger partial charge in [0.05, 0.1) is 27.2 Å². The zero-order valence-corrected chi connectivity index (χ0v) is 12.6. The molecule has 0 aliphatic rings. The van der Waals surface area contributed by atoms with Crippen molar-refractivity contribution in [2.24, 2.45) is 0 Å². The van der Waals surface area contributed by atoms with Crippen molar-refractivity contribution < 1.29 is 4.79 Å². The number of benzene rings is 1. The number of pyridine rings is 1. The fraction of sp³-hybridized carbons (Fsp3) is 0.0769. The molecule has 1 heterocycles. The highest BCUT2D eigenvalue weighted by molar-refractivity contribution is 8.00. The summed E-state index contributed by atoms with van der Waals surface area (Å²) in [6, 6.07) is 8.54. The number of anilines is 2. The lowest BCUT2D eigenvalue weighted by Gasteiger charge is -2.08. The molecule has 1 aromatic carbocycles. The van der Waals surface area contributed by atoms with Gasteiger partial charge in [-0.2, -0.15) is 0 Å². The topological polar surface area (TPSA) is 68.0 Å². The second kappa shape index (κ2) is 6.83. The Morgan fingerprint density at radius 3 is 2.85 bits per heavy atom. The number of carbonyl (C=O) groups excluding carboxylic acids is 1. The van der Waals surface area contributed by atoms with Gasteiger partial charge in [0.1, 0.15) is 5.03 Å². The lowest BCUT2D eigenvalue weighted by Crippen LogP contribution is -2.14. The van der Waals surface area contributed by atoms with E-state index in [0.29, 0.717) is 26.4 Å². The van der Waals surface area contributed by atoms with Gasteiger partial charge in [0, 0.05) is 6.20 Å². The van der Waals surface area contributed by atoms with Gasteiger partial charge in [-0.25, -0.2) is 4.98 Å². The highest BCUT2D eigenvalue weighted by atomic mass is 35.5. The Bertz CT molecular complexity index is 637. The van der Waals surface area contributed by atoms with Gasteiger partial charge in [-0.15, -0.1) is 0 Å². The zero-order valence-electron chi connectivity index (χ0n) is 10.3. The van der Waals surface area contributed by atoms with Crippen LogP contribution in [-0.2, 0) is 4.79 Å². The van der Waals surface area contributed by atoms with Gasteiger partial charge in [0.2, 0.25) is 5.91 Å². The first-order chi connectivity index (χ1) is 9.58. The number of nitrogens with one attached hydrogen (secondary N) is 1. The van der Waals surface area contributed by atoms with E-state index >= 15 is 0 Å². The summed E-state index contributed by atoms with van der Waals surface area (Å²) < 4.78 is 0. The standard InChI is InChI=1S/C13H11Cl2N3OS/c14-8-3-1-5-10(12(8)15)18-11(19)7-20-13-9(16)4-2-6-17-13/h1-6H,7,16H2,(H,18,19). The van der Waals surface area contributed by atoms with Gasteiger partial charge in [-0.05, 0) is 24.3 Å². The molecule has 0 fully saturated rings. The molecule has 0 saturated carbocycles. The average Bonchev–Trinajstić information content (AvgIpc) is 2.43. The molecule has 2 rings (SSSR count). The van der Waals surface area contributed by atoms with E-state index in [0.717, 1.165) is 0 Å². The second-order valence-electron chi connectivity index (χ2n) is 3.84. The van der Waals surface area contributed by atoms with Gasteiger partial charge < -0.3 is 11.1 Å². The number of aromatic nitrogens is 1. The van der Waals surface area contributed by atoms with Crippen LogP contribution in [0.1, 0.15) is 0 Å².